The molecular formula is C24H17ClF3N9O. The second kappa shape index (κ2) is 8.89. The zero-order valence-corrected chi connectivity index (χ0v) is 20.1. The lowest BCUT2D eigenvalue weighted by molar-refractivity contribution is -0.143. The van der Waals surface area contributed by atoms with Crippen LogP contribution in [0.5, 0.6) is 0 Å². The van der Waals surface area contributed by atoms with Crippen LogP contribution in [-0.4, -0.2) is 47.2 Å². The lowest BCUT2D eigenvalue weighted by Crippen LogP contribution is -2.35. The number of hydrogen-bond donors (Lipinski definition) is 2. The Balaban J connectivity index is 1.63. The van der Waals surface area contributed by atoms with E-state index in [0.29, 0.717) is 26.8 Å². The van der Waals surface area contributed by atoms with E-state index in [4.69, 9.17) is 17.3 Å². The van der Waals surface area contributed by atoms with Crippen molar-refractivity contribution in [2.45, 2.75) is 18.6 Å². The van der Waals surface area contributed by atoms with E-state index in [0.717, 1.165) is 17.8 Å². The molecule has 6 rings (SSSR count). The van der Waals surface area contributed by atoms with E-state index in [1.165, 1.54) is 24.7 Å². The fourth-order valence-electron chi connectivity index (χ4n) is 4.41. The summed E-state index contributed by atoms with van der Waals surface area (Å²) >= 11 is 5.83. The van der Waals surface area contributed by atoms with E-state index in [-0.39, 0.29) is 28.3 Å². The topological polar surface area (TPSA) is 129 Å². The van der Waals surface area contributed by atoms with E-state index in [1.807, 2.05) is 0 Å². The van der Waals surface area contributed by atoms with E-state index in [1.54, 1.807) is 30.3 Å². The summed E-state index contributed by atoms with van der Waals surface area (Å²) in [4.78, 5) is 22.4. The van der Waals surface area contributed by atoms with Crippen LogP contribution in [0.25, 0.3) is 33.5 Å². The zero-order chi connectivity index (χ0) is 26.6. The van der Waals surface area contributed by atoms with Gasteiger partial charge in [-0.15, -0.1) is 9.90 Å². The zero-order valence-electron chi connectivity index (χ0n) is 19.3. The van der Waals surface area contributed by atoms with Crippen molar-refractivity contribution in [1.29, 1.82) is 0 Å². The molecule has 1 unspecified atom stereocenters. The van der Waals surface area contributed by atoms with Gasteiger partial charge in [-0.3, -0.25) is 14.8 Å². The first kappa shape index (κ1) is 24.0. The molecule has 0 bridgehead atoms. The van der Waals surface area contributed by atoms with Gasteiger partial charge in [0.15, 0.2) is 10.8 Å². The van der Waals surface area contributed by atoms with Gasteiger partial charge in [0.05, 0.1) is 47.1 Å². The van der Waals surface area contributed by atoms with E-state index in [2.05, 4.69) is 30.6 Å². The Labute approximate surface area is 217 Å². The number of aromatic nitrogens is 7. The van der Waals surface area contributed by atoms with Gasteiger partial charge < -0.3 is 11.1 Å². The molecule has 1 fully saturated rings. The van der Waals surface area contributed by atoms with Crippen LogP contribution in [0.15, 0.2) is 55.0 Å². The number of nitrogens with two attached hydrogens (primary N) is 1. The quantitative estimate of drug-likeness (QED) is 0.347. The standard InChI is InChI=1S/C24H17ClF3N9O/c25-19-11-32-37(34-19)13-7-12(9-30-10-13)36-22(24(26,27)28)20(23(29)38)21(35-36)15-8-18(17-5-6-31-17)33-16-4-2-1-3-14(15)16/h1-4,7-11,17,31H,5-6H2,(H2,29,38). The molecule has 1 aromatic carbocycles. The van der Waals surface area contributed by atoms with Crippen LogP contribution in [0, 0.1) is 0 Å². The van der Waals surface area contributed by atoms with Crippen LogP contribution in [0.4, 0.5) is 13.2 Å². The summed E-state index contributed by atoms with van der Waals surface area (Å²) in [6, 6.07) is 9.91. The smallest absolute Gasteiger partial charge is 0.365 e. The number of amides is 1. The fraction of sp³-hybridized carbons (Fsp3) is 0.167. The number of para-hydroxylation sites is 1. The molecule has 0 spiro atoms. The number of pyridine rings is 2. The molecule has 3 N–H and O–H groups in total. The molecule has 1 amide bonds. The first-order chi connectivity index (χ1) is 18.2. The van der Waals surface area contributed by atoms with Gasteiger partial charge in [0.25, 0.3) is 5.91 Å². The van der Waals surface area contributed by atoms with Crippen molar-refractivity contribution in [3.8, 4) is 22.6 Å². The third-order valence-corrected chi connectivity index (χ3v) is 6.39. The maximum Gasteiger partial charge on any atom is 0.434 e. The SMILES string of the molecule is NC(=O)c1c(-c2cc(C3CCN3)nc3ccccc23)nn(-c2cncc(-n3ncc(Cl)n3)c2)c1C(F)(F)F. The fourth-order valence-corrected chi connectivity index (χ4v) is 4.53. The Morgan fingerprint density at radius 3 is 2.53 bits per heavy atom. The summed E-state index contributed by atoms with van der Waals surface area (Å²) in [5, 5.41) is 16.1. The van der Waals surface area contributed by atoms with Crippen LogP contribution < -0.4 is 11.1 Å². The molecule has 38 heavy (non-hydrogen) atoms. The van der Waals surface area contributed by atoms with Gasteiger partial charge in [-0.25, -0.2) is 4.68 Å². The molecule has 1 saturated heterocycles. The number of alkyl halides is 3. The number of rotatable bonds is 5. The molecule has 5 aromatic rings. The highest BCUT2D eigenvalue weighted by Gasteiger charge is 2.43. The average Bonchev–Trinajstić information content (AvgIpc) is 3.47. The van der Waals surface area contributed by atoms with Crippen LogP contribution in [-0.2, 0) is 6.18 Å². The van der Waals surface area contributed by atoms with Crippen molar-refractivity contribution in [1.82, 2.24) is 40.1 Å². The average molecular weight is 540 g/mol. The van der Waals surface area contributed by atoms with Crippen LogP contribution in [0.3, 0.4) is 0 Å². The first-order valence-corrected chi connectivity index (χ1v) is 11.8. The Bertz CT molecular complexity index is 1710. The van der Waals surface area contributed by atoms with Gasteiger partial charge in [0.1, 0.15) is 11.4 Å². The van der Waals surface area contributed by atoms with Gasteiger partial charge in [-0.05, 0) is 31.2 Å². The van der Waals surface area contributed by atoms with Crippen LogP contribution >= 0.6 is 11.6 Å². The van der Waals surface area contributed by atoms with Gasteiger partial charge in [0.2, 0.25) is 0 Å². The maximum atomic E-state index is 14.5. The van der Waals surface area contributed by atoms with E-state index >= 15 is 0 Å². The molecule has 10 nitrogen and oxygen atoms in total. The predicted molar refractivity (Wildman–Crippen MR) is 131 cm³/mol. The minimum absolute atomic E-state index is 0.0613. The summed E-state index contributed by atoms with van der Waals surface area (Å²) in [5.41, 5.74) is 4.91. The number of carbonyl (C=O) groups is 1. The molecule has 4 aromatic heterocycles. The van der Waals surface area contributed by atoms with Crippen molar-refractivity contribution in [3.05, 3.63) is 77.1 Å². The van der Waals surface area contributed by atoms with Gasteiger partial charge >= 0.3 is 6.18 Å². The van der Waals surface area contributed by atoms with Crippen molar-refractivity contribution < 1.29 is 18.0 Å². The molecule has 1 aliphatic heterocycles. The largest absolute Gasteiger partial charge is 0.434 e. The Kier molecular flexibility index (Phi) is 5.61. The lowest BCUT2D eigenvalue weighted by atomic mass is 9.96. The Morgan fingerprint density at radius 1 is 1.11 bits per heavy atom. The predicted octanol–water partition coefficient (Wildman–Crippen LogP) is 3.87. The van der Waals surface area contributed by atoms with Gasteiger partial charge in [-0.2, -0.15) is 23.4 Å². The first-order valence-electron chi connectivity index (χ1n) is 11.4. The van der Waals surface area contributed by atoms with Crippen LogP contribution in [0.1, 0.15) is 34.2 Å². The molecule has 192 valence electrons. The number of fused-ring (bicyclic) bond motifs is 1. The molecule has 0 aliphatic carbocycles. The summed E-state index contributed by atoms with van der Waals surface area (Å²) in [6.45, 7) is 0.799. The molecular weight excluding hydrogens is 523 g/mol. The number of halogens is 4. The van der Waals surface area contributed by atoms with Crippen molar-refractivity contribution in [2.75, 3.05) is 6.54 Å². The molecule has 14 heteroatoms. The summed E-state index contributed by atoms with van der Waals surface area (Å²) in [6.07, 6.45) is -0.365. The molecule has 5 heterocycles. The maximum absolute atomic E-state index is 14.5. The number of nitrogens with one attached hydrogen (secondary N) is 1. The number of carbonyl (C=O) groups excluding carboxylic acids is 1. The number of benzene rings is 1. The summed E-state index contributed by atoms with van der Waals surface area (Å²) < 4.78 is 44.2. The normalized spacial score (nSPS) is 15.5. The summed E-state index contributed by atoms with van der Waals surface area (Å²) in [7, 11) is 0. The van der Waals surface area contributed by atoms with Gasteiger partial charge in [0, 0.05) is 10.9 Å². The third kappa shape index (κ3) is 4.05. The van der Waals surface area contributed by atoms with Crippen molar-refractivity contribution in [2.24, 2.45) is 5.73 Å². The van der Waals surface area contributed by atoms with Crippen LogP contribution in [0.2, 0.25) is 5.15 Å². The second-order valence-electron chi connectivity index (χ2n) is 8.61. The minimum atomic E-state index is -4.99. The number of primary amides is 1. The summed E-state index contributed by atoms with van der Waals surface area (Å²) in [5.74, 6) is -1.27. The molecule has 1 atom stereocenters. The van der Waals surface area contributed by atoms with E-state index in [9.17, 15) is 18.0 Å². The highest BCUT2D eigenvalue weighted by molar-refractivity contribution is 6.29. The minimum Gasteiger partial charge on any atom is -0.365 e. The van der Waals surface area contributed by atoms with Gasteiger partial charge in [-0.1, -0.05) is 29.8 Å². The lowest BCUT2D eigenvalue weighted by Gasteiger charge is -2.27. The Hall–Kier alpha value is -4.36. The highest BCUT2D eigenvalue weighted by atomic mass is 35.5. The third-order valence-electron chi connectivity index (χ3n) is 6.22. The van der Waals surface area contributed by atoms with Crippen molar-refractivity contribution >= 4 is 28.4 Å². The second-order valence-corrected chi connectivity index (χ2v) is 9.00. The number of nitrogens with zero attached hydrogens (tertiary/aromatic N) is 7. The molecule has 1 aliphatic rings. The van der Waals surface area contributed by atoms with Crippen molar-refractivity contribution in [3.63, 3.8) is 0 Å². The number of hydrogen-bond acceptors (Lipinski definition) is 7. The van der Waals surface area contributed by atoms with E-state index < -0.39 is 23.3 Å². The monoisotopic (exact) mass is 539 g/mol. The molecule has 0 radical (unpaired) electrons. The highest BCUT2D eigenvalue weighted by Crippen LogP contribution is 2.40. The molecule has 0 saturated carbocycles. The Morgan fingerprint density at radius 2 is 1.87 bits per heavy atom.